The number of nitrogens with zero attached hydrogens (tertiary/aromatic N) is 1. The van der Waals surface area contributed by atoms with Crippen molar-refractivity contribution < 1.29 is 4.74 Å². The molecule has 0 radical (unpaired) electrons. The van der Waals surface area contributed by atoms with E-state index in [4.69, 9.17) is 10.5 Å². The summed E-state index contributed by atoms with van der Waals surface area (Å²) in [6, 6.07) is 6.64. The first-order valence-electron chi connectivity index (χ1n) is 6.66. The molecule has 2 rings (SSSR count). The number of likely N-dealkylation sites (N-methyl/N-ethyl adjacent to an activating group) is 1. The molecule has 1 aromatic carbocycles. The van der Waals surface area contributed by atoms with Gasteiger partial charge in [-0.2, -0.15) is 0 Å². The Morgan fingerprint density at radius 1 is 1.44 bits per heavy atom. The maximum Gasteiger partial charge on any atom is 0.143 e. The third kappa shape index (κ3) is 3.29. The van der Waals surface area contributed by atoms with Crippen LogP contribution in [0.1, 0.15) is 19.8 Å². The first kappa shape index (κ1) is 13.0. The van der Waals surface area contributed by atoms with Gasteiger partial charge >= 0.3 is 0 Å². The summed E-state index contributed by atoms with van der Waals surface area (Å²) in [5.41, 5.74) is 7.53. The number of methoxy groups -OCH3 is 1. The molecule has 1 aromatic rings. The van der Waals surface area contributed by atoms with E-state index in [-0.39, 0.29) is 0 Å². The van der Waals surface area contributed by atoms with Crippen LogP contribution in [-0.2, 0) is 0 Å². The van der Waals surface area contributed by atoms with Crippen molar-refractivity contribution in [3.63, 3.8) is 0 Å². The Kier molecular flexibility index (Phi) is 4.31. The first-order valence-corrected chi connectivity index (χ1v) is 6.66. The van der Waals surface area contributed by atoms with Crippen LogP contribution < -0.4 is 15.8 Å². The Labute approximate surface area is 109 Å². The van der Waals surface area contributed by atoms with Crippen molar-refractivity contribution in [1.82, 2.24) is 4.90 Å². The summed E-state index contributed by atoms with van der Waals surface area (Å²) in [6.07, 6.45) is 2.73. The quantitative estimate of drug-likeness (QED) is 0.727. The Bertz CT molecular complexity index is 391. The van der Waals surface area contributed by atoms with Gasteiger partial charge < -0.3 is 15.8 Å². The molecule has 1 saturated carbocycles. The molecule has 0 spiro atoms. The molecule has 0 aromatic heterocycles. The lowest BCUT2D eigenvalue weighted by Crippen LogP contribution is -2.30. The minimum atomic E-state index is 0.677. The predicted octanol–water partition coefficient (Wildman–Crippen LogP) is 2.17. The number of ether oxygens (including phenoxy) is 1. The number of anilines is 2. The second kappa shape index (κ2) is 5.96. The van der Waals surface area contributed by atoms with E-state index in [0.717, 1.165) is 37.1 Å². The average molecular weight is 249 g/mol. The lowest BCUT2D eigenvalue weighted by molar-refractivity contribution is 0.289. The topological polar surface area (TPSA) is 50.5 Å². The number of nitrogen functional groups attached to an aromatic ring is 1. The summed E-state index contributed by atoms with van der Waals surface area (Å²) >= 11 is 0. The lowest BCUT2D eigenvalue weighted by atomic mass is 10.2. The lowest BCUT2D eigenvalue weighted by Gasteiger charge is -2.20. The first-order chi connectivity index (χ1) is 8.74. The highest BCUT2D eigenvalue weighted by Crippen LogP contribution is 2.27. The van der Waals surface area contributed by atoms with Crippen LogP contribution in [-0.4, -0.2) is 37.7 Å². The highest BCUT2D eigenvalue weighted by molar-refractivity contribution is 5.61. The average Bonchev–Trinajstić information content (AvgIpc) is 3.21. The highest BCUT2D eigenvalue weighted by Gasteiger charge is 2.26. The Hall–Kier alpha value is -1.42. The second-order valence-corrected chi connectivity index (χ2v) is 4.74. The van der Waals surface area contributed by atoms with Crippen LogP contribution in [0.3, 0.4) is 0 Å². The van der Waals surface area contributed by atoms with Crippen LogP contribution in [0.5, 0.6) is 5.75 Å². The number of benzene rings is 1. The molecule has 4 heteroatoms. The third-order valence-electron chi connectivity index (χ3n) is 3.43. The highest BCUT2D eigenvalue weighted by atomic mass is 16.5. The molecule has 1 fully saturated rings. The summed E-state index contributed by atoms with van der Waals surface area (Å²) in [7, 11) is 1.64. The van der Waals surface area contributed by atoms with Gasteiger partial charge in [0.25, 0.3) is 0 Å². The molecule has 0 aliphatic heterocycles. The van der Waals surface area contributed by atoms with E-state index >= 15 is 0 Å². The van der Waals surface area contributed by atoms with Gasteiger partial charge in [-0.3, -0.25) is 4.90 Å². The minimum absolute atomic E-state index is 0.677. The van der Waals surface area contributed by atoms with Gasteiger partial charge in [0, 0.05) is 30.9 Å². The molecule has 0 atom stereocenters. The molecular formula is C14H23N3O. The standard InChI is InChI=1S/C14H23N3O/c1-3-17(12-5-6-12)9-8-16-11-4-7-13(15)14(10-11)18-2/h4,7,10,12,16H,3,5-6,8-9,15H2,1-2H3. The molecule has 0 saturated heterocycles. The molecule has 1 aliphatic carbocycles. The molecular weight excluding hydrogens is 226 g/mol. The molecule has 0 heterocycles. The van der Waals surface area contributed by atoms with Crippen LogP contribution >= 0.6 is 0 Å². The molecule has 0 bridgehead atoms. The van der Waals surface area contributed by atoms with Crippen molar-refractivity contribution >= 4 is 11.4 Å². The second-order valence-electron chi connectivity index (χ2n) is 4.74. The van der Waals surface area contributed by atoms with Crippen molar-refractivity contribution in [1.29, 1.82) is 0 Å². The van der Waals surface area contributed by atoms with Crippen molar-refractivity contribution in [3.05, 3.63) is 18.2 Å². The maximum atomic E-state index is 5.79. The molecule has 0 amide bonds. The summed E-state index contributed by atoms with van der Waals surface area (Å²) < 4.78 is 5.21. The fourth-order valence-corrected chi connectivity index (χ4v) is 2.20. The van der Waals surface area contributed by atoms with E-state index < -0.39 is 0 Å². The van der Waals surface area contributed by atoms with E-state index in [1.54, 1.807) is 7.11 Å². The summed E-state index contributed by atoms with van der Waals surface area (Å²) in [6.45, 7) is 5.41. The smallest absolute Gasteiger partial charge is 0.143 e. The van der Waals surface area contributed by atoms with E-state index in [1.165, 1.54) is 12.8 Å². The van der Waals surface area contributed by atoms with Crippen LogP contribution in [0.25, 0.3) is 0 Å². The molecule has 4 nitrogen and oxygen atoms in total. The molecule has 18 heavy (non-hydrogen) atoms. The summed E-state index contributed by atoms with van der Waals surface area (Å²) in [4.78, 5) is 2.53. The van der Waals surface area contributed by atoms with Crippen molar-refractivity contribution in [2.75, 3.05) is 37.8 Å². The maximum absolute atomic E-state index is 5.79. The largest absolute Gasteiger partial charge is 0.495 e. The van der Waals surface area contributed by atoms with E-state index in [0.29, 0.717) is 5.69 Å². The number of hydrogen-bond donors (Lipinski definition) is 2. The van der Waals surface area contributed by atoms with Crippen molar-refractivity contribution in [3.8, 4) is 5.75 Å². The summed E-state index contributed by atoms with van der Waals surface area (Å²) in [5, 5.41) is 3.42. The van der Waals surface area contributed by atoms with Crippen LogP contribution in [0.4, 0.5) is 11.4 Å². The van der Waals surface area contributed by atoms with Gasteiger partial charge in [-0.15, -0.1) is 0 Å². The minimum Gasteiger partial charge on any atom is -0.495 e. The van der Waals surface area contributed by atoms with Gasteiger partial charge in [-0.25, -0.2) is 0 Å². The number of nitrogens with one attached hydrogen (secondary N) is 1. The SMILES string of the molecule is CCN(CCNc1ccc(N)c(OC)c1)C1CC1. The van der Waals surface area contributed by atoms with Gasteiger partial charge in [0.2, 0.25) is 0 Å². The van der Waals surface area contributed by atoms with E-state index in [9.17, 15) is 0 Å². The normalized spacial score (nSPS) is 14.8. The zero-order valence-corrected chi connectivity index (χ0v) is 11.3. The Morgan fingerprint density at radius 3 is 2.83 bits per heavy atom. The van der Waals surface area contributed by atoms with Gasteiger partial charge in [-0.1, -0.05) is 6.92 Å². The fraction of sp³-hybridized carbons (Fsp3) is 0.571. The van der Waals surface area contributed by atoms with Crippen LogP contribution in [0, 0.1) is 0 Å². The number of rotatable bonds is 7. The molecule has 3 N–H and O–H groups in total. The molecule has 0 unspecified atom stereocenters. The van der Waals surface area contributed by atoms with E-state index in [2.05, 4.69) is 17.1 Å². The third-order valence-corrected chi connectivity index (χ3v) is 3.43. The van der Waals surface area contributed by atoms with Gasteiger partial charge in [0.1, 0.15) is 5.75 Å². The molecule has 1 aliphatic rings. The van der Waals surface area contributed by atoms with Gasteiger partial charge in [-0.05, 0) is 31.5 Å². The Morgan fingerprint density at radius 2 is 2.22 bits per heavy atom. The summed E-state index contributed by atoms with van der Waals surface area (Å²) in [5.74, 6) is 0.731. The predicted molar refractivity (Wildman–Crippen MR) is 76.2 cm³/mol. The zero-order valence-electron chi connectivity index (χ0n) is 11.3. The number of nitrogens with two attached hydrogens (primary N) is 1. The zero-order chi connectivity index (χ0) is 13.0. The fourth-order valence-electron chi connectivity index (χ4n) is 2.20. The number of hydrogen-bond acceptors (Lipinski definition) is 4. The van der Waals surface area contributed by atoms with Gasteiger partial charge in [0.15, 0.2) is 0 Å². The Balaban J connectivity index is 1.82. The molecule has 100 valence electrons. The monoisotopic (exact) mass is 249 g/mol. The van der Waals surface area contributed by atoms with Crippen molar-refractivity contribution in [2.24, 2.45) is 0 Å². The van der Waals surface area contributed by atoms with Gasteiger partial charge in [0.05, 0.1) is 12.8 Å². The van der Waals surface area contributed by atoms with Crippen molar-refractivity contribution in [2.45, 2.75) is 25.8 Å². The van der Waals surface area contributed by atoms with E-state index in [1.807, 2.05) is 18.2 Å². The van der Waals surface area contributed by atoms with Crippen LogP contribution in [0.15, 0.2) is 18.2 Å². The van der Waals surface area contributed by atoms with Crippen LogP contribution in [0.2, 0.25) is 0 Å².